The van der Waals surface area contributed by atoms with Crippen molar-refractivity contribution in [3.8, 4) is 0 Å². The predicted molar refractivity (Wildman–Crippen MR) is 116 cm³/mol. The van der Waals surface area contributed by atoms with E-state index in [9.17, 15) is 0 Å². The number of benzene rings is 1. The zero-order valence-corrected chi connectivity index (χ0v) is 17.0. The van der Waals surface area contributed by atoms with Crippen molar-refractivity contribution in [1.29, 1.82) is 0 Å². The van der Waals surface area contributed by atoms with Crippen molar-refractivity contribution in [3.05, 3.63) is 42.6 Å². The smallest absolute Gasteiger partial charge is 0.133 e. The first-order valence-electron chi connectivity index (χ1n) is 10.0. The number of nitrogens with one attached hydrogen (secondary N) is 1. The molecule has 1 N–H and O–H groups in total. The molecule has 148 valence electrons. The molecule has 2 aromatic rings. The van der Waals surface area contributed by atoms with E-state index in [4.69, 9.17) is 9.82 Å². The first kappa shape index (κ1) is 18.6. The number of fused-ring (bicyclic) bond motifs is 1. The van der Waals surface area contributed by atoms with E-state index in [1.165, 1.54) is 17.1 Å². The van der Waals surface area contributed by atoms with Gasteiger partial charge in [-0.1, -0.05) is 17.3 Å². The maximum absolute atomic E-state index is 5.57. The number of oxime groups is 1. The van der Waals surface area contributed by atoms with Crippen LogP contribution in [0.2, 0.25) is 0 Å². The monoisotopic (exact) mass is 379 g/mol. The maximum atomic E-state index is 5.57. The Morgan fingerprint density at radius 3 is 2.54 bits per heavy atom. The third kappa shape index (κ3) is 4.21. The Morgan fingerprint density at radius 1 is 1.04 bits per heavy atom. The molecule has 0 bridgehead atoms. The molecule has 2 aliphatic rings. The van der Waals surface area contributed by atoms with E-state index in [1.807, 2.05) is 27.0 Å². The summed E-state index contributed by atoms with van der Waals surface area (Å²) < 4.78 is 0. The molecule has 0 unspecified atom stereocenters. The van der Waals surface area contributed by atoms with Crippen molar-refractivity contribution in [2.75, 3.05) is 41.3 Å². The highest BCUT2D eigenvalue weighted by molar-refractivity contribution is 5.86. The van der Waals surface area contributed by atoms with Crippen LogP contribution in [-0.4, -0.2) is 42.5 Å². The van der Waals surface area contributed by atoms with Crippen molar-refractivity contribution in [3.63, 3.8) is 0 Å². The predicted octanol–water partition coefficient (Wildman–Crippen LogP) is 4.42. The fourth-order valence-corrected chi connectivity index (χ4v) is 3.56. The van der Waals surface area contributed by atoms with E-state index in [1.54, 1.807) is 0 Å². The van der Waals surface area contributed by atoms with Gasteiger partial charge in [0.1, 0.15) is 11.4 Å². The van der Waals surface area contributed by atoms with Crippen LogP contribution < -0.4 is 15.1 Å². The quantitative estimate of drug-likeness (QED) is 0.800. The zero-order valence-electron chi connectivity index (χ0n) is 17.0. The van der Waals surface area contributed by atoms with Crippen LogP contribution in [-0.2, 0) is 4.84 Å². The summed E-state index contributed by atoms with van der Waals surface area (Å²) in [5.74, 6) is 0.996. The summed E-state index contributed by atoms with van der Waals surface area (Å²) in [6.07, 6.45) is 3.86. The van der Waals surface area contributed by atoms with Crippen molar-refractivity contribution in [2.45, 2.75) is 39.2 Å². The van der Waals surface area contributed by atoms with Gasteiger partial charge in [0.2, 0.25) is 0 Å². The summed E-state index contributed by atoms with van der Waals surface area (Å²) in [4.78, 5) is 15.0. The number of aromatic nitrogens is 1. The van der Waals surface area contributed by atoms with Gasteiger partial charge in [0.15, 0.2) is 0 Å². The third-order valence-corrected chi connectivity index (χ3v) is 5.01. The Labute approximate surface area is 167 Å². The van der Waals surface area contributed by atoms with Gasteiger partial charge in [-0.05, 0) is 45.0 Å². The normalized spacial score (nSPS) is 17.0. The van der Waals surface area contributed by atoms with Crippen molar-refractivity contribution < 1.29 is 4.84 Å². The Kier molecular flexibility index (Phi) is 5.11. The molecule has 0 saturated carbocycles. The zero-order chi connectivity index (χ0) is 19.6. The number of nitrogens with zero attached hydrogens (tertiary/aromatic N) is 4. The molecule has 0 aliphatic carbocycles. The van der Waals surface area contributed by atoms with Gasteiger partial charge in [-0.15, -0.1) is 0 Å². The van der Waals surface area contributed by atoms with E-state index < -0.39 is 0 Å². The standard InChI is InChI=1S/C22H29N5O/c1-22(2,3)28-25-17-10-13-26(14-11-17)18-8-9-21(24-16-18)27-15-12-23-19-6-4-5-7-20(19)27/h4-9,16,23H,10-15H2,1-3H3. The van der Waals surface area contributed by atoms with Crippen LogP contribution in [0.4, 0.5) is 22.9 Å². The maximum Gasteiger partial charge on any atom is 0.133 e. The molecule has 6 heteroatoms. The second kappa shape index (κ2) is 7.70. The number of hydrogen-bond donors (Lipinski definition) is 1. The van der Waals surface area contributed by atoms with E-state index >= 15 is 0 Å². The van der Waals surface area contributed by atoms with Crippen LogP contribution in [0.15, 0.2) is 47.8 Å². The Morgan fingerprint density at radius 2 is 1.82 bits per heavy atom. The van der Waals surface area contributed by atoms with Crippen LogP contribution >= 0.6 is 0 Å². The molecule has 6 nitrogen and oxygen atoms in total. The highest BCUT2D eigenvalue weighted by Crippen LogP contribution is 2.34. The Bertz CT molecular complexity index is 831. The van der Waals surface area contributed by atoms with E-state index in [0.29, 0.717) is 0 Å². The molecule has 0 atom stereocenters. The van der Waals surface area contributed by atoms with E-state index in [-0.39, 0.29) is 5.60 Å². The van der Waals surface area contributed by atoms with Gasteiger partial charge in [-0.3, -0.25) is 0 Å². The number of rotatable bonds is 3. The summed E-state index contributed by atoms with van der Waals surface area (Å²) in [7, 11) is 0. The third-order valence-electron chi connectivity index (χ3n) is 5.01. The minimum absolute atomic E-state index is 0.230. The molecule has 0 amide bonds. The van der Waals surface area contributed by atoms with Gasteiger partial charge < -0.3 is 20.0 Å². The van der Waals surface area contributed by atoms with Crippen LogP contribution in [0.25, 0.3) is 0 Å². The molecule has 1 aromatic heterocycles. The summed E-state index contributed by atoms with van der Waals surface area (Å²) in [6, 6.07) is 12.7. The molecule has 2 aliphatic heterocycles. The molecule has 0 spiro atoms. The largest absolute Gasteiger partial charge is 0.390 e. The first-order chi connectivity index (χ1) is 13.5. The van der Waals surface area contributed by atoms with Crippen LogP contribution in [0.5, 0.6) is 0 Å². The molecular weight excluding hydrogens is 350 g/mol. The average molecular weight is 380 g/mol. The molecule has 3 heterocycles. The lowest BCUT2D eigenvalue weighted by atomic mass is 10.1. The van der Waals surface area contributed by atoms with Gasteiger partial charge in [0.05, 0.1) is 29.0 Å². The molecule has 4 rings (SSSR count). The summed E-state index contributed by atoms with van der Waals surface area (Å²) >= 11 is 0. The lowest BCUT2D eigenvalue weighted by Crippen LogP contribution is -2.34. The number of para-hydroxylation sites is 2. The molecule has 0 radical (unpaired) electrons. The minimum atomic E-state index is -0.230. The van der Waals surface area contributed by atoms with Crippen LogP contribution in [0.1, 0.15) is 33.6 Å². The molecular formula is C22H29N5O. The van der Waals surface area contributed by atoms with Crippen LogP contribution in [0.3, 0.4) is 0 Å². The average Bonchev–Trinajstić information content (AvgIpc) is 2.72. The second-order valence-corrected chi connectivity index (χ2v) is 8.32. The van der Waals surface area contributed by atoms with Gasteiger partial charge in [0.25, 0.3) is 0 Å². The SMILES string of the molecule is CC(C)(C)ON=C1CCN(c2ccc(N3CCNc4ccccc43)nc2)CC1. The van der Waals surface area contributed by atoms with Crippen molar-refractivity contribution >= 4 is 28.6 Å². The van der Waals surface area contributed by atoms with Crippen molar-refractivity contribution in [2.24, 2.45) is 5.16 Å². The highest BCUT2D eigenvalue weighted by Gasteiger charge is 2.20. The van der Waals surface area contributed by atoms with Gasteiger partial charge in [-0.2, -0.15) is 0 Å². The molecule has 1 fully saturated rings. The lowest BCUT2D eigenvalue weighted by molar-refractivity contribution is 0.000119. The summed E-state index contributed by atoms with van der Waals surface area (Å²) in [6.45, 7) is 9.81. The number of piperidine rings is 1. The van der Waals surface area contributed by atoms with Gasteiger partial charge in [-0.25, -0.2) is 4.98 Å². The van der Waals surface area contributed by atoms with Gasteiger partial charge in [0, 0.05) is 39.0 Å². The van der Waals surface area contributed by atoms with E-state index in [0.717, 1.165) is 50.6 Å². The topological polar surface area (TPSA) is 53.0 Å². The molecule has 1 aromatic carbocycles. The minimum Gasteiger partial charge on any atom is -0.390 e. The summed E-state index contributed by atoms with van der Waals surface area (Å²) in [5, 5.41) is 7.79. The summed E-state index contributed by atoms with van der Waals surface area (Å²) in [5.41, 5.74) is 4.44. The number of anilines is 4. The Balaban J connectivity index is 1.41. The number of pyridine rings is 1. The van der Waals surface area contributed by atoms with Crippen molar-refractivity contribution in [1.82, 2.24) is 4.98 Å². The van der Waals surface area contributed by atoms with Crippen LogP contribution in [0, 0.1) is 0 Å². The Hall–Kier alpha value is -2.76. The van der Waals surface area contributed by atoms with Gasteiger partial charge >= 0.3 is 0 Å². The second-order valence-electron chi connectivity index (χ2n) is 8.32. The fraction of sp³-hybridized carbons (Fsp3) is 0.455. The lowest BCUT2D eigenvalue weighted by Gasteiger charge is -2.32. The molecule has 28 heavy (non-hydrogen) atoms. The fourth-order valence-electron chi connectivity index (χ4n) is 3.56. The highest BCUT2D eigenvalue weighted by atomic mass is 16.6. The number of hydrogen-bond acceptors (Lipinski definition) is 6. The first-order valence-corrected chi connectivity index (χ1v) is 10.0. The van der Waals surface area contributed by atoms with E-state index in [2.05, 4.69) is 56.7 Å². The molecule has 1 saturated heterocycles.